The molecule has 3 fully saturated rings. The van der Waals surface area contributed by atoms with Crippen LogP contribution in [-0.4, -0.2) is 80.6 Å². The lowest BCUT2D eigenvalue weighted by Gasteiger charge is -2.41. The van der Waals surface area contributed by atoms with Crippen molar-refractivity contribution in [3.8, 4) is 0 Å². The summed E-state index contributed by atoms with van der Waals surface area (Å²) < 4.78 is 4.33. The molecule has 0 saturated carbocycles. The Morgan fingerprint density at radius 3 is 2.60 bits per heavy atom. The second-order valence-corrected chi connectivity index (χ2v) is 12.5. The number of aliphatic hydroxyl groups is 1. The highest BCUT2D eigenvalue weighted by Gasteiger charge is 2.78. The Labute approximate surface area is 215 Å². The minimum atomic E-state index is -0.709. The summed E-state index contributed by atoms with van der Waals surface area (Å²) in [5, 5.41) is 10.4. The summed E-state index contributed by atoms with van der Waals surface area (Å²) in [5.41, 5.74) is 0. The van der Waals surface area contributed by atoms with Gasteiger partial charge in [0.1, 0.15) is 6.04 Å². The zero-order valence-corrected chi connectivity index (χ0v) is 22.9. The zero-order valence-electron chi connectivity index (χ0n) is 22.1. The molecule has 0 aromatic heterocycles. The van der Waals surface area contributed by atoms with Crippen molar-refractivity contribution in [3.05, 3.63) is 12.7 Å². The van der Waals surface area contributed by atoms with Crippen LogP contribution >= 0.6 is 11.8 Å². The van der Waals surface area contributed by atoms with E-state index in [1.807, 2.05) is 25.7 Å². The van der Waals surface area contributed by atoms with Crippen molar-refractivity contribution in [2.24, 2.45) is 17.8 Å². The topological polar surface area (TPSA) is 87.2 Å². The van der Waals surface area contributed by atoms with E-state index in [1.165, 1.54) is 0 Å². The van der Waals surface area contributed by atoms with Gasteiger partial charge in [-0.25, -0.2) is 0 Å². The fourth-order valence-corrected chi connectivity index (χ4v) is 8.90. The quantitative estimate of drug-likeness (QED) is 0.232. The van der Waals surface area contributed by atoms with Gasteiger partial charge in [0.15, 0.2) is 0 Å². The molecule has 3 heterocycles. The van der Waals surface area contributed by atoms with E-state index in [0.29, 0.717) is 19.5 Å². The molecule has 35 heavy (non-hydrogen) atoms. The molecule has 1 N–H and O–H groups in total. The summed E-state index contributed by atoms with van der Waals surface area (Å²) >= 11 is 1.65. The van der Waals surface area contributed by atoms with Gasteiger partial charge in [-0.1, -0.05) is 46.1 Å². The number of amides is 2. The van der Waals surface area contributed by atoms with Gasteiger partial charge >= 0.3 is 5.97 Å². The largest absolute Gasteiger partial charge is 0.466 e. The minimum Gasteiger partial charge on any atom is -0.466 e. The lowest BCUT2D eigenvalue weighted by molar-refractivity contribution is -0.156. The number of likely N-dealkylation sites (tertiary alicyclic amines) is 1. The molecular weight excluding hydrogens is 464 g/mol. The Hall–Kier alpha value is -1.54. The number of thioether (sulfide) groups is 1. The highest BCUT2D eigenvalue weighted by Crippen LogP contribution is 2.72. The summed E-state index contributed by atoms with van der Waals surface area (Å²) in [6.45, 7) is 14.9. The molecule has 3 aliphatic rings. The summed E-state index contributed by atoms with van der Waals surface area (Å²) in [4.78, 5) is 45.2. The van der Waals surface area contributed by atoms with Crippen molar-refractivity contribution < 1.29 is 24.2 Å². The molecule has 0 radical (unpaired) electrons. The van der Waals surface area contributed by atoms with E-state index in [9.17, 15) is 19.5 Å². The van der Waals surface area contributed by atoms with E-state index in [0.717, 1.165) is 32.1 Å². The van der Waals surface area contributed by atoms with Gasteiger partial charge < -0.3 is 19.6 Å². The number of nitrogens with zero attached hydrogens (tertiary/aromatic N) is 2. The third kappa shape index (κ3) is 4.65. The Balaban J connectivity index is 2.10. The summed E-state index contributed by atoms with van der Waals surface area (Å²) in [6.07, 6.45) is 6.92. The Kier molecular flexibility index (Phi) is 9.01. The van der Waals surface area contributed by atoms with Crippen molar-refractivity contribution in [2.75, 3.05) is 26.3 Å². The van der Waals surface area contributed by atoms with E-state index < -0.39 is 33.4 Å². The number of rotatable bonds is 13. The fraction of sp³-hybridized carbons (Fsp3) is 0.815. The second kappa shape index (κ2) is 11.2. The maximum Gasteiger partial charge on any atom is 0.311 e. The third-order valence-electron chi connectivity index (χ3n) is 8.53. The predicted octanol–water partition coefficient (Wildman–Crippen LogP) is 3.64. The molecule has 2 unspecified atom stereocenters. The lowest BCUT2D eigenvalue weighted by Crippen LogP contribution is -2.58. The van der Waals surface area contributed by atoms with E-state index in [1.54, 1.807) is 29.7 Å². The number of fused-ring (bicyclic) bond motifs is 1. The predicted molar refractivity (Wildman–Crippen MR) is 139 cm³/mol. The molecule has 7 atom stereocenters. The SMILES string of the molecule is C=CCN(CCCCC)C(=O)C1N([C@@H](CO)[C@@H](C)CC)C(=O)[C@@H]2[C@@H](C(=O)OCC)[C@@]3(C)CCC12S3. The number of esters is 1. The van der Waals surface area contributed by atoms with Crippen molar-refractivity contribution >= 4 is 29.5 Å². The van der Waals surface area contributed by atoms with Crippen LogP contribution in [0, 0.1) is 17.8 Å². The van der Waals surface area contributed by atoms with Crippen LogP contribution in [0.3, 0.4) is 0 Å². The van der Waals surface area contributed by atoms with Crippen LogP contribution in [0.4, 0.5) is 0 Å². The number of ether oxygens (including phenoxy) is 1. The van der Waals surface area contributed by atoms with Gasteiger partial charge in [-0.3, -0.25) is 14.4 Å². The number of unbranched alkanes of at least 4 members (excludes halogenated alkanes) is 2. The van der Waals surface area contributed by atoms with Crippen molar-refractivity contribution in [1.29, 1.82) is 0 Å². The van der Waals surface area contributed by atoms with Gasteiger partial charge in [0, 0.05) is 17.8 Å². The molecule has 2 bridgehead atoms. The first-order valence-corrected chi connectivity index (χ1v) is 14.2. The lowest BCUT2D eigenvalue weighted by atomic mass is 9.66. The first kappa shape index (κ1) is 28.0. The molecular formula is C27H44N2O5S. The molecule has 1 spiro atoms. The zero-order chi connectivity index (χ0) is 26.0. The Morgan fingerprint density at radius 2 is 2.03 bits per heavy atom. The van der Waals surface area contributed by atoms with Crippen LogP contribution in [0.25, 0.3) is 0 Å². The maximum absolute atomic E-state index is 14.3. The first-order chi connectivity index (χ1) is 16.7. The van der Waals surface area contributed by atoms with Crippen molar-refractivity contribution in [1.82, 2.24) is 9.80 Å². The molecule has 198 valence electrons. The molecule has 0 aromatic rings. The molecule has 0 aromatic carbocycles. The molecule has 0 aliphatic carbocycles. The number of hydrogen-bond donors (Lipinski definition) is 1. The molecule has 8 heteroatoms. The second-order valence-electron chi connectivity index (χ2n) is 10.6. The van der Waals surface area contributed by atoms with Gasteiger partial charge in [0.25, 0.3) is 0 Å². The summed E-state index contributed by atoms with van der Waals surface area (Å²) in [5.74, 6) is -1.79. The van der Waals surface area contributed by atoms with Crippen molar-refractivity contribution in [3.63, 3.8) is 0 Å². The van der Waals surface area contributed by atoms with Gasteiger partial charge in [0.2, 0.25) is 11.8 Å². The van der Waals surface area contributed by atoms with Gasteiger partial charge in [-0.15, -0.1) is 18.3 Å². The van der Waals surface area contributed by atoms with E-state index in [4.69, 9.17) is 4.74 Å². The first-order valence-electron chi connectivity index (χ1n) is 13.4. The van der Waals surface area contributed by atoms with Gasteiger partial charge in [0.05, 0.1) is 35.8 Å². The van der Waals surface area contributed by atoms with Crippen molar-refractivity contribution in [2.45, 2.75) is 94.7 Å². The Bertz CT molecular complexity index is 821. The number of hydrogen-bond acceptors (Lipinski definition) is 6. The average Bonchev–Trinajstić information content (AvgIpc) is 3.40. The average molecular weight is 509 g/mol. The molecule has 3 saturated heterocycles. The van der Waals surface area contributed by atoms with Crippen LogP contribution in [0.2, 0.25) is 0 Å². The molecule has 7 nitrogen and oxygen atoms in total. The number of carbonyl (C=O) groups is 3. The van der Waals surface area contributed by atoms with Gasteiger partial charge in [-0.2, -0.15) is 0 Å². The summed E-state index contributed by atoms with van der Waals surface area (Å²) in [6, 6.07) is -1.18. The van der Waals surface area contributed by atoms with E-state index in [2.05, 4.69) is 13.5 Å². The van der Waals surface area contributed by atoms with Crippen LogP contribution in [0.1, 0.15) is 73.1 Å². The standard InChI is InChI=1S/C27H44N2O5S/c1-7-11-12-16-28(15-8-2)24(32)22-27-14-13-26(6,35-27)21(25(33)34-10-4)20(27)23(31)29(22)19(17-30)18(5)9-3/h8,18-22,30H,2,7,9-17H2,1,3-6H3/t18-,19-,20-,21-,22?,26+,27?/m0/s1. The molecule has 3 rings (SSSR count). The van der Waals surface area contributed by atoms with Crippen LogP contribution < -0.4 is 0 Å². The van der Waals surface area contributed by atoms with E-state index >= 15 is 0 Å². The van der Waals surface area contributed by atoms with Gasteiger partial charge in [-0.05, 0) is 39.0 Å². The van der Waals surface area contributed by atoms with Crippen LogP contribution in [-0.2, 0) is 19.1 Å². The van der Waals surface area contributed by atoms with E-state index in [-0.39, 0.29) is 36.9 Å². The summed E-state index contributed by atoms with van der Waals surface area (Å²) in [7, 11) is 0. The third-order valence-corrected chi connectivity index (χ3v) is 10.5. The number of carbonyl (C=O) groups excluding carboxylic acids is 3. The monoisotopic (exact) mass is 508 g/mol. The van der Waals surface area contributed by atoms with Crippen LogP contribution in [0.5, 0.6) is 0 Å². The highest BCUT2D eigenvalue weighted by atomic mass is 32.2. The minimum absolute atomic E-state index is 0.0150. The van der Waals surface area contributed by atoms with Crippen LogP contribution in [0.15, 0.2) is 12.7 Å². The maximum atomic E-state index is 14.3. The number of aliphatic hydroxyl groups excluding tert-OH is 1. The normalized spacial score (nSPS) is 32.9. The smallest absolute Gasteiger partial charge is 0.311 e. The molecule has 2 amide bonds. The molecule has 3 aliphatic heterocycles. The fourth-order valence-electron chi connectivity index (χ4n) is 6.58. The highest BCUT2D eigenvalue weighted by molar-refractivity contribution is 8.02. The Morgan fingerprint density at radius 1 is 1.31 bits per heavy atom.